The van der Waals surface area contributed by atoms with Gasteiger partial charge in [-0.25, -0.2) is 8.42 Å². The van der Waals surface area contributed by atoms with Crippen molar-refractivity contribution in [1.82, 2.24) is 4.98 Å². The molecule has 0 aliphatic rings. The molecule has 0 aliphatic carbocycles. The summed E-state index contributed by atoms with van der Waals surface area (Å²) in [7, 11) is -3.62. The third-order valence-corrected chi connectivity index (χ3v) is 4.08. The Morgan fingerprint density at radius 1 is 1.11 bits per heavy atom. The predicted molar refractivity (Wildman–Crippen MR) is 73.7 cm³/mol. The highest BCUT2D eigenvalue weighted by atomic mass is 32.2. The Kier molecular flexibility index (Phi) is 3.71. The lowest BCUT2D eigenvalue weighted by atomic mass is 10.2. The molecule has 0 aliphatic heterocycles. The van der Waals surface area contributed by atoms with E-state index in [4.69, 9.17) is 0 Å². The van der Waals surface area contributed by atoms with E-state index in [1.54, 1.807) is 24.3 Å². The number of aryl methyl sites for hydroxylation is 1. The van der Waals surface area contributed by atoms with Crippen molar-refractivity contribution < 1.29 is 8.42 Å². The van der Waals surface area contributed by atoms with Gasteiger partial charge in [0, 0.05) is 12.3 Å². The molecule has 2 rings (SSSR count). The molecule has 2 N–H and O–H groups in total. The van der Waals surface area contributed by atoms with Crippen molar-refractivity contribution in [3.05, 3.63) is 58.5 Å². The number of aromatic nitrogens is 1. The third kappa shape index (κ3) is 3.23. The van der Waals surface area contributed by atoms with E-state index >= 15 is 0 Å². The quantitative estimate of drug-likeness (QED) is 0.894. The number of nitrogens with one attached hydrogen (secondary N) is 2. The average Bonchev–Trinajstić information content (AvgIpc) is 2.41. The number of benzene rings is 1. The summed E-state index contributed by atoms with van der Waals surface area (Å²) in [6.45, 7) is 2.00. The largest absolute Gasteiger partial charge is 0.327 e. The lowest BCUT2D eigenvalue weighted by Crippen LogP contribution is -2.14. The Morgan fingerprint density at radius 3 is 2.32 bits per heavy atom. The normalized spacial score (nSPS) is 11.2. The van der Waals surface area contributed by atoms with Crippen molar-refractivity contribution in [3.8, 4) is 0 Å². The summed E-state index contributed by atoms with van der Waals surface area (Å²) >= 11 is 0. The summed E-state index contributed by atoms with van der Waals surface area (Å²) in [6.07, 6.45) is 2.17. The summed E-state index contributed by atoms with van der Waals surface area (Å²) in [5.74, 6) is 0. The SMILES string of the molecule is CCc1ccc(S(=O)(=O)Nc2ccc(=O)[nH]c2)cc1. The van der Waals surface area contributed by atoms with Gasteiger partial charge in [-0.3, -0.25) is 9.52 Å². The van der Waals surface area contributed by atoms with Crippen LogP contribution in [-0.2, 0) is 16.4 Å². The molecule has 0 bridgehead atoms. The van der Waals surface area contributed by atoms with Crippen LogP contribution in [0.25, 0.3) is 0 Å². The Bertz CT molecular complexity index is 698. The first kappa shape index (κ1) is 13.4. The highest BCUT2D eigenvalue weighted by Crippen LogP contribution is 2.15. The fraction of sp³-hybridized carbons (Fsp3) is 0.154. The number of H-pyrrole nitrogens is 1. The van der Waals surface area contributed by atoms with Crippen LogP contribution in [0.1, 0.15) is 12.5 Å². The highest BCUT2D eigenvalue weighted by Gasteiger charge is 2.13. The molecular formula is C13H14N2O3S. The first-order chi connectivity index (χ1) is 9.01. The summed E-state index contributed by atoms with van der Waals surface area (Å²) < 4.78 is 26.6. The maximum Gasteiger partial charge on any atom is 0.261 e. The van der Waals surface area contributed by atoms with Crippen molar-refractivity contribution in [3.63, 3.8) is 0 Å². The van der Waals surface area contributed by atoms with Gasteiger partial charge in [0.2, 0.25) is 5.56 Å². The lowest BCUT2D eigenvalue weighted by Gasteiger charge is -2.08. The van der Waals surface area contributed by atoms with Crippen LogP contribution in [0.3, 0.4) is 0 Å². The van der Waals surface area contributed by atoms with Crippen molar-refractivity contribution >= 4 is 15.7 Å². The molecule has 0 atom stereocenters. The monoisotopic (exact) mass is 278 g/mol. The van der Waals surface area contributed by atoms with Gasteiger partial charge >= 0.3 is 0 Å². The van der Waals surface area contributed by atoms with E-state index in [9.17, 15) is 13.2 Å². The van der Waals surface area contributed by atoms with Crippen molar-refractivity contribution in [1.29, 1.82) is 0 Å². The fourth-order valence-electron chi connectivity index (χ4n) is 1.59. The van der Waals surface area contributed by atoms with Crippen LogP contribution in [0, 0.1) is 0 Å². The van der Waals surface area contributed by atoms with Gasteiger partial charge in [-0.2, -0.15) is 0 Å². The van der Waals surface area contributed by atoms with Gasteiger partial charge < -0.3 is 4.98 Å². The van der Waals surface area contributed by atoms with Crippen molar-refractivity contribution in [2.75, 3.05) is 4.72 Å². The molecule has 0 radical (unpaired) electrons. The van der Waals surface area contributed by atoms with Gasteiger partial charge in [0.15, 0.2) is 0 Å². The zero-order valence-corrected chi connectivity index (χ0v) is 11.2. The number of rotatable bonds is 4. The van der Waals surface area contributed by atoms with Crippen LogP contribution in [0.15, 0.2) is 52.3 Å². The van der Waals surface area contributed by atoms with Crippen molar-refractivity contribution in [2.24, 2.45) is 0 Å². The van der Waals surface area contributed by atoms with E-state index in [0.29, 0.717) is 5.69 Å². The second-order valence-electron chi connectivity index (χ2n) is 4.04. The van der Waals surface area contributed by atoms with Crippen LogP contribution in [0.5, 0.6) is 0 Å². The molecule has 0 spiro atoms. The molecule has 6 heteroatoms. The van der Waals surface area contributed by atoms with Crippen LogP contribution in [-0.4, -0.2) is 13.4 Å². The van der Waals surface area contributed by atoms with E-state index in [-0.39, 0.29) is 10.5 Å². The summed E-state index contributed by atoms with van der Waals surface area (Å²) in [6, 6.07) is 9.36. The van der Waals surface area contributed by atoms with E-state index in [1.165, 1.54) is 18.3 Å². The van der Waals surface area contributed by atoms with Gasteiger partial charge in [-0.1, -0.05) is 19.1 Å². The number of anilines is 1. The van der Waals surface area contributed by atoms with Crippen LogP contribution in [0.4, 0.5) is 5.69 Å². The van der Waals surface area contributed by atoms with Gasteiger partial charge in [0.1, 0.15) is 0 Å². The first-order valence-electron chi connectivity index (χ1n) is 5.82. The molecule has 0 saturated carbocycles. The predicted octanol–water partition coefficient (Wildman–Crippen LogP) is 1.74. The molecule has 0 amide bonds. The van der Waals surface area contributed by atoms with E-state index in [2.05, 4.69) is 9.71 Å². The number of hydrogen-bond donors (Lipinski definition) is 2. The Balaban J connectivity index is 2.26. The lowest BCUT2D eigenvalue weighted by molar-refractivity contribution is 0.601. The zero-order chi connectivity index (χ0) is 13.9. The number of pyridine rings is 1. The summed E-state index contributed by atoms with van der Waals surface area (Å²) in [5.41, 5.74) is 1.11. The molecule has 0 fully saturated rings. The van der Waals surface area contributed by atoms with Crippen LogP contribution < -0.4 is 10.3 Å². The fourth-order valence-corrected chi connectivity index (χ4v) is 2.64. The Hall–Kier alpha value is -2.08. The van der Waals surface area contributed by atoms with Gasteiger partial charge in [-0.05, 0) is 30.2 Å². The molecule has 0 unspecified atom stereocenters. The van der Waals surface area contributed by atoms with Crippen molar-refractivity contribution in [2.45, 2.75) is 18.2 Å². The summed E-state index contributed by atoms with van der Waals surface area (Å²) in [5, 5.41) is 0. The van der Waals surface area contributed by atoms with Crippen LogP contribution >= 0.6 is 0 Å². The number of sulfonamides is 1. The van der Waals surface area contributed by atoms with E-state index < -0.39 is 10.0 Å². The maximum absolute atomic E-state index is 12.1. The molecule has 5 nitrogen and oxygen atoms in total. The Labute approximate surface area is 111 Å². The molecule has 19 heavy (non-hydrogen) atoms. The molecular weight excluding hydrogens is 264 g/mol. The maximum atomic E-state index is 12.1. The Morgan fingerprint density at radius 2 is 1.79 bits per heavy atom. The second kappa shape index (κ2) is 5.27. The smallest absolute Gasteiger partial charge is 0.261 e. The first-order valence-corrected chi connectivity index (χ1v) is 7.30. The zero-order valence-electron chi connectivity index (χ0n) is 10.4. The average molecular weight is 278 g/mol. The van der Waals surface area contributed by atoms with Gasteiger partial charge in [0.25, 0.3) is 10.0 Å². The van der Waals surface area contributed by atoms with Gasteiger partial charge in [-0.15, -0.1) is 0 Å². The number of aromatic amines is 1. The second-order valence-corrected chi connectivity index (χ2v) is 5.73. The van der Waals surface area contributed by atoms with E-state index in [1.807, 2.05) is 6.92 Å². The minimum Gasteiger partial charge on any atom is -0.327 e. The van der Waals surface area contributed by atoms with Crippen LogP contribution in [0.2, 0.25) is 0 Å². The third-order valence-electron chi connectivity index (χ3n) is 2.68. The molecule has 0 saturated heterocycles. The molecule has 2 aromatic rings. The highest BCUT2D eigenvalue weighted by molar-refractivity contribution is 7.92. The minimum absolute atomic E-state index is 0.191. The van der Waals surface area contributed by atoms with Gasteiger partial charge in [0.05, 0.1) is 10.6 Å². The minimum atomic E-state index is -3.62. The molecule has 1 aromatic carbocycles. The van der Waals surface area contributed by atoms with E-state index in [0.717, 1.165) is 12.0 Å². The molecule has 1 heterocycles. The number of hydrogen-bond acceptors (Lipinski definition) is 3. The summed E-state index contributed by atoms with van der Waals surface area (Å²) in [4.78, 5) is 13.5. The molecule has 1 aromatic heterocycles. The topological polar surface area (TPSA) is 79.0 Å². The standard InChI is InChI=1S/C13H14N2O3S/c1-2-10-3-6-12(7-4-10)19(17,18)15-11-5-8-13(16)14-9-11/h3-9,15H,2H2,1H3,(H,14,16). The molecule has 100 valence electrons.